The summed E-state index contributed by atoms with van der Waals surface area (Å²) in [6.45, 7) is 4.12. The minimum absolute atomic E-state index is 0.200. The smallest absolute Gasteiger partial charge is 0.201 e. The second kappa shape index (κ2) is 5.52. The minimum Gasteiger partial charge on any atom is -0.410 e. The zero-order valence-electron chi connectivity index (χ0n) is 12.6. The van der Waals surface area contributed by atoms with Gasteiger partial charge in [-0.3, -0.25) is 0 Å². The van der Waals surface area contributed by atoms with Crippen LogP contribution >= 0.6 is 0 Å². The molecule has 0 atom stereocenters. The van der Waals surface area contributed by atoms with E-state index >= 15 is 0 Å². The molecule has 0 aliphatic rings. The summed E-state index contributed by atoms with van der Waals surface area (Å²) in [6, 6.07) is 15.5. The standard InChI is InChI=1S/C17H18N4O/c1-11(2)21-15-10-13(8-9-14(15)19-17(21)18)16(20-22)12-6-4-3-5-7-12/h3-11,22H,1-2H3,(H2,18,19)/b20-16+. The molecule has 0 unspecified atom stereocenters. The highest BCUT2D eigenvalue weighted by Crippen LogP contribution is 2.24. The van der Waals surface area contributed by atoms with Crippen molar-refractivity contribution in [1.29, 1.82) is 0 Å². The third-order valence-electron chi connectivity index (χ3n) is 3.65. The van der Waals surface area contributed by atoms with E-state index in [1.165, 1.54) is 0 Å². The van der Waals surface area contributed by atoms with Crippen LogP contribution in [0.4, 0.5) is 5.95 Å². The Morgan fingerprint density at radius 3 is 2.50 bits per heavy atom. The first-order valence-electron chi connectivity index (χ1n) is 7.17. The number of anilines is 1. The monoisotopic (exact) mass is 294 g/mol. The number of aromatic nitrogens is 2. The topological polar surface area (TPSA) is 76.4 Å². The Kier molecular flexibility index (Phi) is 3.55. The van der Waals surface area contributed by atoms with Gasteiger partial charge in [-0.2, -0.15) is 0 Å². The summed E-state index contributed by atoms with van der Waals surface area (Å²) in [4.78, 5) is 4.37. The Balaban J connectivity index is 2.18. The number of hydrogen-bond donors (Lipinski definition) is 2. The summed E-state index contributed by atoms with van der Waals surface area (Å²) >= 11 is 0. The van der Waals surface area contributed by atoms with Gasteiger partial charge in [0.15, 0.2) is 0 Å². The molecule has 0 saturated heterocycles. The van der Waals surface area contributed by atoms with Gasteiger partial charge in [-0.15, -0.1) is 0 Å². The van der Waals surface area contributed by atoms with Gasteiger partial charge in [0.2, 0.25) is 5.95 Å². The molecule has 0 amide bonds. The fourth-order valence-corrected chi connectivity index (χ4v) is 2.68. The zero-order chi connectivity index (χ0) is 15.7. The molecule has 0 bridgehead atoms. The maximum Gasteiger partial charge on any atom is 0.201 e. The van der Waals surface area contributed by atoms with Crippen LogP contribution in [0.15, 0.2) is 53.7 Å². The molecular weight excluding hydrogens is 276 g/mol. The van der Waals surface area contributed by atoms with E-state index in [0.29, 0.717) is 11.7 Å². The van der Waals surface area contributed by atoms with Gasteiger partial charge >= 0.3 is 0 Å². The number of rotatable bonds is 3. The second-order valence-electron chi connectivity index (χ2n) is 5.45. The average molecular weight is 294 g/mol. The number of imidazole rings is 1. The Hall–Kier alpha value is -2.82. The van der Waals surface area contributed by atoms with E-state index in [-0.39, 0.29) is 6.04 Å². The lowest BCUT2D eigenvalue weighted by Gasteiger charge is -2.11. The minimum atomic E-state index is 0.200. The first kappa shape index (κ1) is 14.1. The Morgan fingerprint density at radius 1 is 1.14 bits per heavy atom. The van der Waals surface area contributed by atoms with E-state index in [1.54, 1.807) is 0 Å². The van der Waals surface area contributed by atoms with Gasteiger partial charge < -0.3 is 15.5 Å². The maximum atomic E-state index is 9.43. The third-order valence-corrected chi connectivity index (χ3v) is 3.65. The number of hydrogen-bond acceptors (Lipinski definition) is 4. The van der Waals surface area contributed by atoms with Crippen molar-refractivity contribution in [2.45, 2.75) is 19.9 Å². The van der Waals surface area contributed by atoms with E-state index in [0.717, 1.165) is 22.2 Å². The van der Waals surface area contributed by atoms with Crippen LogP contribution in [-0.4, -0.2) is 20.5 Å². The average Bonchev–Trinajstić information content (AvgIpc) is 2.84. The largest absolute Gasteiger partial charge is 0.410 e. The van der Waals surface area contributed by atoms with Crippen LogP contribution in [0.2, 0.25) is 0 Å². The zero-order valence-corrected chi connectivity index (χ0v) is 12.6. The molecule has 3 rings (SSSR count). The normalized spacial score (nSPS) is 12.2. The highest BCUT2D eigenvalue weighted by atomic mass is 16.4. The number of benzene rings is 2. The van der Waals surface area contributed by atoms with Crippen LogP contribution < -0.4 is 5.73 Å². The summed E-state index contributed by atoms with van der Waals surface area (Å²) in [6.07, 6.45) is 0. The molecule has 0 spiro atoms. The molecule has 2 aromatic carbocycles. The first-order chi connectivity index (χ1) is 10.6. The van der Waals surface area contributed by atoms with Crippen molar-refractivity contribution in [2.75, 3.05) is 5.73 Å². The molecule has 112 valence electrons. The number of nitrogen functional groups attached to an aromatic ring is 1. The molecule has 22 heavy (non-hydrogen) atoms. The van der Waals surface area contributed by atoms with E-state index in [2.05, 4.69) is 24.0 Å². The molecule has 5 heteroatoms. The highest BCUT2D eigenvalue weighted by molar-refractivity contribution is 6.13. The van der Waals surface area contributed by atoms with Gasteiger partial charge in [-0.25, -0.2) is 4.98 Å². The molecule has 3 aromatic rings. The van der Waals surface area contributed by atoms with E-state index < -0.39 is 0 Å². The van der Waals surface area contributed by atoms with Gasteiger partial charge in [0.25, 0.3) is 0 Å². The van der Waals surface area contributed by atoms with Gasteiger partial charge in [0.05, 0.1) is 11.0 Å². The lowest BCUT2D eigenvalue weighted by molar-refractivity contribution is 0.319. The fraction of sp³-hybridized carbons (Fsp3) is 0.176. The number of oxime groups is 1. The maximum absolute atomic E-state index is 9.43. The lowest BCUT2D eigenvalue weighted by Crippen LogP contribution is -2.07. The van der Waals surface area contributed by atoms with Crippen LogP contribution in [0.3, 0.4) is 0 Å². The van der Waals surface area contributed by atoms with Crippen molar-refractivity contribution in [3.05, 3.63) is 59.7 Å². The van der Waals surface area contributed by atoms with Gasteiger partial charge in [0, 0.05) is 17.2 Å². The molecular formula is C17H18N4O. The van der Waals surface area contributed by atoms with E-state index in [4.69, 9.17) is 5.73 Å². The molecule has 0 aliphatic carbocycles. The first-order valence-corrected chi connectivity index (χ1v) is 7.17. The lowest BCUT2D eigenvalue weighted by atomic mass is 10.0. The summed E-state index contributed by atoms with van der Waals surface area (Å²) in [5.74, 6) is 0.490. The number of nitrogens with two attached hydrogens (primary N) is 1. The Labute approximate surface area is 128 Å². The third kappa shape index (κ3) is 2.30. The van der Waals surface area contributed by atoms with Crippen LogP contribution in [0.1, 0.15) is 31.0 Å². The SMILES string of the molecule is CC(C)n1c(N)nc2ccc(/C(=N/O)c3ccccc3)cc21. The molecule has 0 fully saturated rings. The summed E-state index contributed by atoms with van der Waals surface area (Å²) in [5.41, 5.74) is 9.96. The molecule has 5 nitrogen and oxygen atoms in total. The van der Waals surface area contributed by atoms with Gasteiger partial charge in [0.1, 0.15) is 5.71 Å². The van der Waals surface area contributed by atoms with Crippen LogP contribution in [-0.2, 0) is 0 Å². The summed E-state index contributed by atoms with van der Waals surface area (Å²) in [7, 11) is 0. The van der Waals surface area contributed by atoms with Crippen molar-refractivity contribution < 1.29 is 5.21 Å². The molecule has 0 aliphatic heterocycles. The summed E-state index contributed by atoms with van der Waals surface area (Å²) < 4.78 is 1.97. The Morgan fingerprint density at radius 2 is 1.86 bits per heavy atom. The fourth-order valence-electron chi connectivity index (χ4n) is 2.68. The van der Waals surface area contributed by atoms with Crippen LogP contribution in [0.5, 0.6) is 0 Å². The van der Waals surface area contributed by atoms with Crippen molar-refractivity contribution in [3.63, 3.8) is 0 Å². The predicted octanol–water partition coefficient (Wildman–Crippen LogP) is 3.43. The highest BCUT2D eigenvalue weighted by Gasteiger charge is 2.14. The van der Waals surface area contributed by atoms with Crippen molar-refractivity contribution in [1.82, 2.24) is 9.55 Å². The number of fused-ring (bicyclic) bond motifs is 1. The van der Waals surface area contributed by atoms with Gasteiger partial charge in [-0.1, -0.05) is 41.6 Å². The van der Waals surface area contributed by atoms with Crippen molar-refractivity contribution in [2.24, 2.45) is 5.16 Å². The van der Waals surface area contributed by atoms with Gasteiger partial charge in [-0.05, 0) is 26.0 Å². The number of nitrogens with zero attached hydrogens (tertiary/aromatic N) is 3. The van der Waals surface area contributed by atoms with E-state index in [9.17, 15) is 5.21 Å². The van der Waals surface area contributed by atoms with Crippen molar-refractivity contribution in [3.8, 4) is 0 Å². The molecule has 1 heterocycles. The summed E-state index contributed by atoms with van der Waals surface area (Å²) in [5, 5.41) is 12.9. The molecule has 1 aromatic heterocycles. The van der Waals surface area contributed by atoms with Crippen molar-refractivity contribution >= 4 is 22.7 Å². The molecule has 3 N–H and O–H groups in total. The molecule has 0 saturated carbocycles. The predicted molar refractivity (Wildman–Crippen MR) is 88.4 cm³/mol. The quantitative estimate of drug-likeness (QED) is 0.441. The second-order valence-corrected chi connectivity index (χ2v) is 5.45. The van der Waals surface area contributed by atoms with Crippen LogP contribution in [0.25, 0.3) is 11.0 Å². The Bertz CT molecular complexity index is 834. The molecule has 0 radical (unpaired) electrons. The van der Waals surface area contributed by atoms with Crippen LogP contribution in [0, 0.1) is 0 Å². The van der Waals surface area contributed by atoms with E-state index in [1.807, 2.05) is 53.1 Å².